The standard InChI is InChI=1S/C37H58N2/c1-8-14-18-19-23-37-30(12-5)24-36(27-33(37)22-17-11-4)39-34(13-6)28-38-35-25-31(20-15-9-2)29(7)32(26-35)21-16-10-3/h24-28H,8-23H2,1-7H3. The summed E-state index contributed by atoms with van der Waals surface area (Å²) in [6.07, 6.45) is 21.3. The summed E-state index contributed by atoms with van der Waals surface area (Å²) in [6.45, 7) is 15.9. The van der Waals surface area contributed by atoms with E-state index in [4.69, 9.17) is 9.98 Å². The van der Waals surface area contributed by atoms with Crippen molar-refractivity contribution in [1.29, 1.82) is 0 Å². The molecule has 2 heteroatoms. The largest absolute Gasteiger partial charge is 0.255 e. The first-order chi connectivity index (χ1) is 19.0. The highest BCUT2D eigenvalue weighted by molar-refractivity contribution is 6.31. The van der Waals surface area contributed by atoms with E-state index in [1.807, 2.05) is 6.21 Å². The number of aryl methyl sites for hydroxylation is 4. The average molecular weight is 531 g/mol. The first-order valence-electron chi connectivity index (χ1n) is 16.4. The van der Waals surface area contributed by atoms with Crippen molar-refractivity contribution < 1.29 is 0 Å². The normalized spacial score (nSPS) is 12.1. The third-order valence-corrected chi connectivity index (χ3v) is 8.08. The maximum Gasteiger partial charge on any atom is 0.0639 e. The van der Waals surface area contributed by atoms with Crippen LogP contribution in [0.5, 0.6) is 0 Å². The van der Waals surface area contributed by atoms with Gasteiger partial charge in [0.2, 0.25) is 0 Å². The molecule has 0 unspecified atom stereocenters. The van der Waals surface area contributed by atoms with Gasteiger partial charge in [0, 0.05) is 6.21 Å². The molecule has 2 nitrogen and oxygen atoms in total. The smallest absolute Gasteiger partial charge is 0.0639 e. The molecule has 0 aromatic heterocycles. The Morgan fingerprint density at radius 2 is 1.13 bits per heavy atom. The summed E-state index contributed by atoms with van der Waals surface area (Å²) >= 11 is 0. The molecular formula is C37H58N2. The van der Waals surface area contributed by atoms with Crippen LogP contribution in [0.3, 0.4) is 0 Å². The van der Waals surface area contributed by atoms with E-state index in [-0.39, 0.29) is 0 Å². The molecule has 0 fully saturated rings. The van der Waals surface area contributed by atoms with Crippen LogP contribution in [0.2, 0.25) is 0 Å². The third-order valence-electron chi connectivity index (χ3n) is 8.08. The second-order valence-electron chi connectivity index (χ2n) is 11.3. The van der Waals surface area contributed by atoms with Crippen molar-refractivity contribution in [2.75, 3.05) is 0 Å². The van der Waals surface area contributed by atoms with Crippen LogP contribution in [0.1, 0.15) is 146 Å². The van der Waals surface area contributed by atoms with Crippen molar-refractivity contribution in [2.24, 2.45) is 9.98 Å². The van der Waals surface area contributed by atoms with Gasteiger partial charge in [0.15, 0.2) is 0 Å². The maximum atomic E-state index is 5.15. The van der Waals surface area contributed by atoms with Gasteiger partial charge in [-0.05, 0) is 129 Å². The van der Waals surface area contributed by atoms with Crippen LogP contribution in [0.25, 0.3) is 0 Å². The van der Waals surface area contributed by atoms with Crippen molar-refractivity contribution in [1.82, 2.24) is 0 Å². The van der Waals surface area contributed by atoms with Gasteiger partial charge in [0.1, 0.15) is 0 Å². The Labute approximate surface area is 241 Å². The SMILES string of the molecule is CCCCCCc1c(CC)cc(N=C(C=Nc2cc(CCCC)c(C)c(CCCC)c2)CC)cc1CCCC. The predicted molar refractivity (Wildman–Crippen MR) is 176 cm³/mol. The monoisotopic (exact) mass is 530 g/mol. The van der Waals surface area contributed by atoms with E-state index in [1.54, 1.807) is 5.56 Å². The van der Waals surface area contributed by atoms with Crippen molar-refractivity contribution in [3.63, 3.8) is 0 Å². The van der Waals surface area contributed by atoms with Gasteiger partial charge in [-0.3, -0.25) is 9.98 Å². The Hall–Kier alpha value is -2.22. The van der Waals surface area contributed by atoms with E-state index in [9.17, 15) is 0 Å². The van der Waals surface area contributed by atoms with Crippen LogP contribution >= 0.6 is 0 Å². The van der Waals surface area contributed by atoms with Crippen LogP contribution < -0.4 is 0 Å². The number of unbranched alkanes of at least 4 members (excludes halogenated alkanes) is 6. The minimum absolute atomic E-state index is 0.880. The van der Waals surface area contributed by atoms with Crippen LogP contribution in [0, 0.1) is 6.92 Å². The minimum Gasteiger partial charge on any atom is -0.255 e. The molecule has 0 heterocycles. The highest BCUT2D eigenvalue weighted by atomic mass is 14.8. The molecule has 216 valence electrons. The molecule has 2 aromatic carbocycles. The summed E-state index contributed by atoms with van der Waals surface area (Å²) in [6, 6.07) is 9.36. The maximum absolute atomic E-state index is 5.15. The zero-order chi connectivity index (χ0) is 28.5. The van der Waals surface area contributed by atoms with E-state index in [0.717, 1.165) is 49.2 Å². The van der Waals surface area contributed by atoms with Gasteiger partial charge < -0.3 is 0 Å². The van der Waals surface area contributed by atoms with E-state index in [2.05, 4.69) is 72.7 Å². The molecule has 39 heavy (non-hydrogen) atoms. The molecule has 0 N–H and O–H groups in total. The van der Waals surface area contributed by atoms with Crippen molar-refractivity contribution in [2.45, 2.75) is 151 Å². The summed E-state index contributed by atoms with van der Waals surface area (Å²) < 4.78 is 0. The lowest BCUT2D eigenvalue weighted by atomic mass is 9.91. The van der Waals surface area contributed by atoms with Gasteiger partial charge in [-0.2, -0.15) is 0 Å². The first-order valence-corrected chi connectivity index (χ1v) is 16.4. The number of hydrogen-bond donors (Lipinski definition) is 0. The lowest BCUT2D eigenvalue weighted by Crippen LogP contribution is -2.02. The van der Waals surface area contributed by atoms with Crippen LogP contribution in [-0.2, 0) is 32.1 Å². The second kappa shape index (κ2) is 19.0. The van der Waals surface area contributed by atoms with Gasteiger partial charge in [0.25, 0.3) is 0 Å². The molecule has 2 aromatic rings. The van der Waals surface area contributed by atoms with Gasteiger partial charge in [-0.15, -0.1) is 0 Å². The fourth-order valence-corrected chi connectivity index (χ4v) is 5.46. The van der Waals surface area contributed by atoms with Gasteiger partial charge in [-0.25, -0.2) is 0 Å². The van der Waals surface area contributed by atoms with E-state index >= 15 is 0 Å². The third kappa shape index (κ3) is 11.1. The van der Waals surface area contributed by atoms with Crippen LogP contribution in [0.4, 0.5) is 11.4 Å². The highest BCUT2D eigenvalue weighted by Crippen LogP contribution is 2.28. The molecular weight excluding hydrogens is 472 g/mol. The molecule has 0 saturated carbocycles. The molecule has 0 aliphatic heterocycles. The Morgan fingerprint density at radius 3 is 1.67 bits per heavy atom. The topological polar surface area (TPSA) is 24.7 Å². The predicted octanol–water partition coefficient (Wildman–Crippen LogP) is 11.6. The van der Waals surface area contributed by atoms with Crippen molar-refractivity contribution >= 4 is 23.3 Å². The zero-order valence-electron chi connectivity index (χ0n) is 26.6. The highest BCUT2D eigenvalue weighted by Gasteiger charge is 2.11. The van der Waals surface area contributed by atoms with Gasteiger partial charge in [0.05, 0.1) is 17.1 Å². The minimum atomic E-state index is 0.880. The number of rotatable bonds is 19. The van der Waals surface area contributed by atoms with Crippen molar-refractivity contribution in [3.8, 4) is 0 Å². The summed E-state index contributed by atoms with van der Waals surface area (Å²) in [5.41, 5.74) is 12.3. The summed E-state index contributed by atoms with van der Waals surface area (Å²) in [4.78, 5) is 10.1. The summed E-state index contributed by atoms with van der Waals surface area (Å²) in [5, 5.41) is 0. The van der Waals surface area contributed by atoms with Crippen LogP contribution in [-0.4, -0.2) is 11.9 Å². The lowest BCUT2D eigenvalue weighted by Gasteiger charge is -2.16. The molecule has 0 spiro atoms. The van der Waals surface area contributed by atoms with E-state index in [1.165, 1.54) is 98.4 Å². The first kappa shape index (κ1) is 33.0. The average Bonchev–Trinajstić information content (AvgIpc) is 2.95. The fourth-order valence-electron chi connectivity index (χ4n) is 5.46. The Bertz CT molecular complexity index is 1010. The Balaban J connectivity index is 2.39. The number of benzene rings is 2. The van der Waals surface area contributed by atoms with Crippen LogP contribution in [0.15, 0.2) is 34.3 Å². The molecule has 0 radical (unpaired) electrons. The van der Waals surface area contributed by atoms with Crippen molar-refractivity contribution in [3.05, 3.63) is 57.6 Å². The number of hydrogen-bond acceptors (Lipinski definition) is 2. The fraction of sp³-hybridized carbons (Fsp3) is 0.622. The Morgan fingerprint density at radius 1 is 0.590 bits per heavy atom. The second-order valence-corrected chi connectivity index (χ2v) is 11.3. The molecule has 0 aliphatic carbocycles. The van der Waals surface area contributed by atoms with Gasteiger partial charge in [-0.1, -0.05) is 80.1 Å². The quantitative estimate of drug-likeness (QED) is 0.127. The van der Waals surface area contributed by atoms with E-state index in [0.29, 0.717) is 0 Å². The summed E-state index contributed by atoms with van der Waals surface area (Å²) in [7, 11) is 0. The van der Waals surface area contributed by atoms with Gasteiger partial charge >= 0.3 is 0 Å². The molecule has 2 rings (SSSR count). The molecule has 0 atom stereocenters. The van der Waals surface area contributed by atoms with E-state index < -0.39 is 0 Å². The zero-order valence-corrected chi connectivity index (χ0v) is 26.6. The Kier molecular flexibility index (Phi) is 16.0. The molecule has 0 saturated heterocycles. The molecule has 0 aliphatic rings. The number of aliphatic imine (C=N–C) groups is 2. The molecule has 0 amide bonds. The number of nitrogens with zero attached hydrogens (tertiary/aromatic N) is 2. The summed E-state index contributed by atoms with van der Waals surface area (Å²) in [5.74, 6) is 0. The lowest BCUT2D eigenvalue weighted by molar-refractivity contribution is 0.660. The molecule has 0 bridgehead atoms.